The maximum absolute atomic E-state index is 10.6. The molecule has 0 aromatic heterocycles. The molecular formula is C12H21Cl2N3O3. The van der Waals surface area contributed by atoms with Crippen LogP contribution in [0.3, 0.4) is 0 Å². The van der Waals surface area contributed by atoms with Crippen LogP contribution in [0.4, 0.5) is 5.69 Å². The molecule has 1 unspecified atom stereocenters. The third kappa shape index (κ3) is 9.06. The Hall–Kier alpha value is -0.920. The second kappa shape index (κ2) is 11.9. The molecule has 1 aromatic rings. The van der Waals surface area contributed by atoms with Gasteiger partial charge in [0.05, 0.1) is 11.0 Å². The van der Waals surface area contributed by atoms with Crippen molar-refractivity contribution in [3.8, 4) is 0 Å². The maximum atomic E-state index is 10.6. The van der Waals surface area contributed by atoms with Crippen molar-refractivity contribution in [2.24, 2.45) is 0 Å². The van der Waals surface area contributed by atoms with E-state index in [0.29, 0.717) is 13.1 Å². The van der Waals surface area contributed by atoms with Gasteiger partial charge in [-0.3, -0.25) is 10.1 Å². The van der Waals surface area contributed by atoms with Crippen LogP contribution < -0.4 is 10.6 Å². The number of aliphatic hydroxyl groups excluding tert-OH is 1. The number of hydrogen-bond acceptors (Lipinski definition) is 5. The highest BCUT2D eigenvalue weighted by Crippen LogP contribution is 2.12. The molecule has 6 nitrogen and oxygen atoms in total. The minimum Gasteiger partial charge on any atom is -0.392 e. The molecule has 116 valence electrons. The molecule has 0 fully saturated rings. The lowest BCUT2D eigenvalue weighted by molar-refractivity contribution is -0.384. The summed E-state index contributed by atoms with van der Waals surface area (Å²) in [5.74, 6) is 0. The van der Waals surface area contributed by atoms with Gasteiger partial charge in [-0.15, -0.1) is 24.8 Å². The van der Waals surface area contributed by atoms with E-state index >= 15 is 0 Å². The predicted molar refractivity (Wildman–Crippen MR) is 83.8 cm³/mol. The first-order valence-corrected chi connectivity index (χ1v) is 5.92. The van der Waals surface area contributed by atoms with Gasteiger partial charge in [0.15, 0.2) is 0 Å². The van der Waals surface area contributed by atoms with Crippen LogP contribution in [0.1, 0.15) is 12.5 Å². The van der Waals surface area contributed by atoms with Gasteiger partial charge in [-0.25, -0.2) is 0 Å². The lowest BCUT2D eigenvalue weighted by Crippen LogP contribution is -2.31. The molecule has 0 heterocycles. The van der Waals surface area contributed by atoms with Crippen molar-refractivity contribution in [2.75, 3.05) is 19.6 Å². The fourth-order valence-corrected chi connectivity index (χ4v) is 1.50. The molecular weight excluding hydrogens is 305 g/mol. The number of nitrogens with zero attached hydrogens (tertiary/aromatic N) is 1. The van der Waals surface area contributed by atoms with E-state index in [-0.39, 0.29) is 36.6 Å². The van der Waals surface area contributed by atoms with Gasteiger partial charge in [0.25, 0.3) is 5.69 Å². The Labute approximate surface area is 130 Å². The number of nitro groups is 1. The molecule has 0 bridgehead atoms. The van der Waals surface area contributed by atoms with Crippen LogP contribution >= 0.6 is 24.8 Å². The number of rotatable bonds is 8. The quantitative estimate of drug-likeness (QED) is 0.383. The molecule has 0 saturated heterocycles. The Morgan fingerprint density at radius 2 is 1.95 bits per heavy atom. The Morgan fingerprint density at radius 1 is 1.30 bits per heavy atom. The molecule has 0 saturated carbocycles. The Morgan fingerprint density at radius 3 is 2.55 bits per heavy atom. The van der Waals surface area contributed by atoms with Crippen molar-refractivity contribution < 1.29 is 10.0 Å². The third-order valence-electron chi connectivity index (χ3n) is 2.37. The van der Waals surface area contributed by atoms with Crippen molar-refractivity contribution in [2.45, 2.75) is 19.6 Å². The standard InChI is InChI=1S/C12H19N3O3.2ClH/c1-10(16)8-13-5-6-14-9-11-3-2-4-12(7-11)15(17)18;;/h2-4,7,10,13-14,16H,5-6,8-9H2,1H3;2*1H. The van der Waals surface area contributed by atoms with Gasteiger partial charge in [-0.2, -0.15) is 0 Å². The van der Waals surface area contributed by atoms with Gasteiger partial charge >= 0.3 is 0 Å². The molecule has 0 amide bonds. The summed E-state index contributed by atoms with van der Waals surface area (Å²) < 4.78 is 0. The van der Waals surface area contributed by atoms with Crippen LogP contribution in [0, 0.1) is 10.1 Å². The van der Waals surface area contributed by atoms with Crippen LogP contribution in [0.25, 0.3) is 0 Å². The smallest absolute Gasteiger partial charge is 0.269 e. The highest BCUT2D eigenvalue weighted by atomic mass is 35.5. The van der Waals surface area contributed by atoms with E-state index in [1.54, 1.807) is 19.1 Å². The monoisotopic (exact) mass is 325 g/mol. The van der Waals surface area contributed by atoms with E-state index in [1.807, 2.05) is 6.07 Å². The van der Waals surface area contributed by atoms with Crippen molar-refractivity contribution in [1.29, 1.82) is 0 Å². The lowest BCUT2D eigenvalue weighted by atomic mass is 10.2. The van der Waals surface area contributed by atoms with Crippen LogP contribution in [0.15, 0.2) is 24.3 Å². The minimum absolute atomic E-state index is 0. The highest BCUT2D eigenvalue weighted by Gasteiger charge is 2.04. The zero-order valence-electron chi connectivity index (χ0n) is 11.2. The molecule has 8 heteroatoms. The highest BCUT2D eigenvalue weighted by molar-refractivity contribution is 5.85. The van der Waals surface area contributed by atoms with E-state index in [4.69, 9.17) is 5.11 Å². The Kier molecular flexibility index (Phi) is 12.7. The fourth-order valence-electron chi connectivity index (χ4n) is 1.50. The average molecular weight is 326 g/mol. The first-order valence-electron chi connectivity index (χ1n) is 5.92. The molecule has 0 aliphatic heterocycles. The summed E-state index contributed by atoms with van der Waals surface area (Å²) in [6.45, 7) is 4.38. The normalized spacial score (nSPS) is 11.1. The van der Waals surface area contributed by atoms with Crippen LogP contribution in [-0.4, -0.2) is 35.8 Å². The minimum atomic E-state index is -0.395. The molecule has 20 heavy (non-hydrogen) atoms. The van der Waals surface area contributed by atoms with Gasteiger partial charge in [-0.05, 0) is 12.5 Å². The summed E-state index contributed by atoms with van der Waals surface area (Å²) in [7, 11) is 0. The third-order valence-corrected chi connectivity index (χ3v) is 2.37. The number of hydrogen-bond donors (Lipinski definition) is 3. The lowest BCUT2D eigenvalue weighted by Gasteiger charge is -2.08. The first kappa shape index (κ1) is 21.4. The zero-order valence-corrected chi connectivity index (χ0v) is 12.9. The zero-order chi connectivity index (χ0) is 13.4. The van der Waals surface area contributed by atoms with E-state index in [0.717, 1.165) is 18.7 Å². The van der Waals surface area contributed by atoms with E-state index in [1.165, 1.54) is 6.07 Å². The topological polar surface area (TPSA) is 87.4 Å². The summed E-state index contributed by atoms with van der Waals surface area (Å²) >= 11 is 0. The van der Waals surface area contributed by atoms with Crippen molar-refractivity contribution in [3.63, 3.8) is 0 Å². The summed E-state index contributed by atoms with van der Waals surface area (Å²) in [5, 5.41) is 25.9. The van der Waals surface area contributed by atoms with Crippen molar-refractivity contribution in [1.82, 2.24) is 10.6 Å². The number of non-ortho nitro benzene ring substituents is 1. The molecule has 0 radical (unpaired) electrons. The predicted octanol–water partition coefficient (Wildman–Crippen LogP) is 1.50. The molecule has 3 N–H and O–H groups in total. The van der Waals surface area contributed by atoms with Gasteiger partial charge < -0.3 is 15.7 Å². The average Bonchev–Trinajstić information content (AvgIpc) is 2.33. The van der Waals surface area contributed by atoms with Crippen molar-refractivity contribution >= 4 is 30.5 Å². The second-order valence-electron chi connectivity index (χ2n) is 4.16. The van der Waals surface area contributed by atoms with Gasteiger partial charge in [0.1, 0.15) is 0 Å². The van der Waals surface area contributed by atoms with Gasteiger partial charge in [-0.1, -0.05) is 12.1 Å². The van der Waals surface area contributed by atoms with Crippen LogP contribution in [0.2, 0.25) is 0 Å². The summed E-state index contributed by atoms with van der Waals surface area (Å²) in [6.07, 6.45) is -0.346. The van der Waals surface area contributed by atoms with Gasteiger partial charge in [0, 0.05) is 38.3 Å². The van der Waals surface area contributed by atoms with E-state index < -0.39 is 4.92 Å². The number of halogens is 2. The molecule has 1 aromatic carbocycles. The summed E-state index contributed by atoms with van der Waals surface area (Å²) in [5.41, 5.74) is 1.00. The molecule has 0 aliphatic carbocycles. The number of aliphatic hydroxyl groups is 1. The van der Waals surface area contributed by atoms with Crippen LogP contribution in [0.5, 0.6) is 0 Å². The molecule has 1 atom stereocenters. The summed E-state index contributed by atoms with van der Waals surface area (Å²) in [4.78, 5) is 10.2. The number of benzene rings is 1. The van der Waals surface area contributed by atoms with E-state index in [9.17, 15) is 10.1 Å². The number of nitrogens with one attached hydrogen (secondary N) is 2. The SMILES string of the molecule is CC(O)CNCCNCc1cccc([N+](=O)[O-])c1.Cl.Cl. The van der Waals surface area contributed by atoms with Crippen molar-refractivity contribution in [3.05, 3.63) is 39.9 Å². The van der Waals surface area contributed by atoms with Crippen LogP contribution in [-0.2, 0) is 6.54 Å². The molecule has 0 aliphatic rings. The maximum Gasteiger partial charge on any atom is 0.269 e. The Balaban J connectivity index is 0. The Bertz CT molecular complexity index is 392. The fraction of sp³-hybridized carbons (Fsp3) is 0.500. The largest absolute Gasteiger partial charge is 0.392 e. The second-order valence-corrected chi connectivity index (χ2v) is 4.16. The van der Waals surface area contributed by atoms with Gasteiger partial charge in [0.2, 0.25) is 0 Å². The first-order chi connectivity index (χ1) is 8.59. The molecule has 0 spiro atoms. The summed E-state index contributed by atoms with van der Waals surface area (Å²) in [6, 6.07) is 6.58. The molecule has 1 rings (SSSR count). The number of nitro benzene ring substituents is 1. The van der Waals surface area contributed by atoms with E-state index in [2.05, 4.69) is 10.6 Å².